The molecule has 0 aliphatic heterocycles. The van der Waals surface area contributed by atoms with Crippen molar-refractivity contribution in [1.82, 2.24) is 0 Å². The van der Waals surface area contributed by atoms with Gasteiger partial charge in [0, 0.05) is 11.0 Å². The summed E-state index contributed by atoms with van der Waals surface area (Å²) in [5.74, 6) is 0.746. The van der Waals surface area contributed by atoms with Crippen LogP contribution in [0.15, 0.2) is 30.3 Å². The number of hydrogen-bond acceptors (Lipinski definition) is 3. The van der Waals surface area contributed by atoms with E-state index in [0.29, 0.717) is 0 Å². The van der Waals surface area contributed by atoms with Crippen molar-refractivity contribution in [3.8, 4) is 0 Å². The molecule has 2 nitrogen and oxygen atoms in total. The van der Waals surface area contributed by atoms with Crippen LogP contribution in [0.5, 0.6) is 0 Å². The molecule has 3 heteroatoms. The molecule has 0 spiro atoms. The molecule has 0 aromatic heterocycles. The lowest BCUT2D eigenvalue weighted by molar-refractivity contribution is -0.144. The molecule has 0 saturated carbocycles. The Morgan fingerprint density at radius 3 is 2.50 bits per heavy atom. The van der Waals surface area contributed by atoms with E-state index in [-0.39, 0.29) is 17.1 Å². The Bertz CT molecular complexity index is 324. The molecule has 88 valence electrons. The third-order valence-corrected chi connectivity index (χ3v) is 4.07. The maximum Gasteiger partial charge on any atom is 0.309 e. The van der Waals surface area contributed by atoms with E-state index >= 15 is 0 Å². The second-order valence-electron chi connectivity index (χ2n) is 3.81. The van der Waals surface area contributed by atoms with Gasteiger partial charge in [-0.25, -0.2) is 0 Å². The molecule has 0 aliphatic carbocycles. The van der Waals surface area contributed by atoms with Crippen molar-refractivity contribution in [2.45, 2.75) is 24.9 Å². The molecule has 0 N–H and O–H groups in total. The molecule has 0 unspecified atom stereocenters. The molecule has 0 heterocycles. The van der Waals surface area contributed by atoms with Gasteiger partial charge in [-0.2, -0.15) is 11.8 Å². The highest BCUT2D eigenvalue weighted by Crippen LogP contribution is 2.23. The predicted molar refractivity (Wildman–Crippen MR) is 68.4 cm³/mol. The lowest BCUT2D eigenvalue weighted by Gasteiger charge is -2.17. The van der Waals surface area contributed by atoms with Gasteiger partial charge in [0.15, 0.2) is 0 Å². The van der Waals surface area contributed by atoms with Crippen molar-refractivity contribution >= 4 is 17.7 Å². The molecular formula is C13H18O2S. The van der Waals surface area contributed by atoms with Crippen LogP contribution in [-0.2, 0) is 15.3 Å². The summed E-state index contributed by atoms with van der Waals surface area (Å²) in [6.45, 7) is 3.98. The maximum atomic E-state index is 11.3. The van der Waals surface area contributed by atoms with E-state index in [1.165, 1.54) is 12.7 Å². The average Bonchev–Trinajstić information content (AvgIpc) is 2.35. The first-order chi connectivity index (χ1) is 7.65. The number of benzene rings is 1. The quantitative estimate of drug-likeness (QED) is 0.737. The molecule has 0 bridgehead atoms. The van der Waals surface area contributed by atoms with E-state index in [2.05, 4.69) is 19.1 Å². The van der Waals surface area contributed by atoms with Gasteiger partial charge in [0.05, 0.1) is 13.0 Å². The van der Waals surface area contributed by atoms with Crippen LogP contribution < -0.4 is 0 Å². The summed E-state index contributed by atoms with van der Waals surface area (Å²) >= 11 is 1.78. The Morgan fingerprint density at radius 1 is 1.31 bits per heavy atom. The summed E-state index contributed by atoms with van der Waals surface area (Å²) in [6.07, 6.45) is 0. The summed E-state index contributed by atoms with van der Waals surface area (Å²) in [4.78, 5) is 11.3. The van der Waals surface area contributed by atoms with E-state index < -0.39 is 0 Å². The summed E-state index contributed by atoms with van der Waals surface area (Å²) in [5, 5.41) is 0.271. The smallest absolute Gasteiger partial charge is 0.309 e. The van der Waals surface area contributed by atoms with Crippen LogP contribution in [0.1, 0.15) is 19.4 Å². The van der Waals surface area contributed by atoms with Gasteiger partial charge in [0.25, 0.3) is 0 Å². The topological polar surface area (TPSA) is 26.3 Å². The molecule has 2 atom stereocenters. The molecule has 16 heavy (non-hydrogen) atoms. The van der Waals surface area contributed by atoms with Gasteiger partial charge >= 0.3 is 5.97 Å². The van der Waals surface area contributed by atoms with Crippen LogP contribution in [0.4, 0.5) is 0 Å². The number of rotatable bonds is 5. The standard InChI is InChI=1S/C13H18O2S/c1-10(13(14)15-3)11(2)16-9-12-7-5-4-6-8-12/h4-8,10-11H,9H2,1-3H3/t10-,11-/m1/s1. The number of carbonyl (C=O) groups excluding carboxylic acids is 1. The SMILES string of the molecule is COC(=O)[C@H](C)[C@@H](C)SCc1ccccc1. The fourth-order valence-corrected chi connectivity index (χ4v) is 2.37. The summed E-state index contributed by atoms with van der Waals surface area (Å²) < 4.78 is 4.73. The fourth-order valence-electron chi connectivity index (χ4n) is 1.32. The number of esters is 1. The molecule has 0 aliphatic rings. The molecule has 1 rings (SSSR count). The number of thioether (sulfide) groups is 1. The predicted octanol–water partition coefficient (Wildman–Crippen LogP) is 3.12. The Balaban J connectivity index is 2.41. The summed E-state index contributed by atoms with van der Waals surface area (Å²) in [7, 11) is 1.44. The van der Waals surface area contributed by atoms with Gasteiger partial charge in [0.2, 0.25) is 0 Å². The minimum Gasteiger partial charge on any atom is -0.469 e. The Morgan fingerprint density at radius 2 is 1.94 bits per heavy atom. The van der Waals surface area contributed by atoms with Crippen LogP contribution in [0.25, 0.3) is 0 Å². The first-order valence-electron chi connectivity index (χ1n) is 5.38. The summed E-state index contributed by atoms with van der Waals surface area (Å²) in [5.41, 5.74) is 1.29. The van der Waals surface area contributed by atoms with Crippen LogP contribution in [0.2, 0.25) is 0 Å². The highest BCUT2D eigenvalue weighted by atomic mass is 32.2. The second-order valence-corrected chi connectivity index (χ2v) is 5.18. The van der Waals surface area contributed by atoms with Crippen LogP contribution in [-0.4, -0.2) is 18.3 Å². The molecule has 1 aromatic rings. The first-order valence-corrected chi connectivity index (χ1v) is 6.43. The van der Waals surface area contributed by atoms with Crippen molar-refractivity contribution in [3.05, 3.63) is 35.9 Å². The highest BCUT2D eigenvalue weighted by molar-refractivity contribution is 7.99. The van der Waals surface area contributed by atoms with E-state index in [4.69, 9.17) is 4.74 Å². The molecule has 0 fully saturated rings. The lowest BCUT2D eigenvalue weighted by atomic mass is 10.1. The summed E-state index contributed by atoms with van der Waals surface area (Å²) in [6, 6.07) is 10.3. The number of methoxy groups -OCH3 is 1. The van der Waals surface area contributed by atoms with Crippen LogP contribution in [0.3, 0.4) is 0 Å². The van der Waals surface area contributed by atoms with Crippen LogP contribution >= 0.6 is 11.8 Å². The highest BCUT2D eigenvalue weighted by Gasteiger charge is 2.20. The Labute approximate surface area is 101 Å². The zero-order valence-electron chi connectivity index (χ0n) is 9.97. The number of hydrogen-bond donors (Lipinski definition) is 0. The Kier molecular flexibility index (Phi) is 5.39. The monoisotopic (exact) mass is 238 g/mol. The molecule has 0 saturated heterocycles. The third-order valence-electron chi connectivity index (χ3n) is 2.63. The molecule has 0 amide bonds. The van der Waals surface area contributed by atoms with Crippen molar-refractivity contribution in [2.24, 2.45) is 5.92 Å². The molecule has 1 aromatic carbocycles. The van der Waals surface area contributed by atoms with Gasteiger partial charge in [-0.05, 0) is 5.56 Å². The fraction of sp³-hybridized carbons (Fsp3) is 0.462. The minimum atomic E-state index is -0.131. The third kappa shape index (κ3) is 3.89. The van der Waals surface area contributed by atoms with E-state index in [0.717, 1.165) is 5.75 Å². The van der Waals surface area contributed by atoms with Gasteiger partial charge in [-0.3, -0.25) is 4.79 Å². The second kappa shape index (κ2) is 6.59. The van der Waals surface area contributed by atoms with Crippen molar-refractivity contribution in [1.29, 1.82) is 0 Å². The lowest BCUT2D eigenvalue weighted by Crippen LogP contribution is -2.22. The zero-order valence-corrected chi connectivity index (χ0v) is 10.8. The van der Waals surface area contributed by atoms with Gasteiger partial charge < -0.3 is 4.74 Å². The van der Waals surface area contributed by atoms with Crippen molar-refractivity contribution < 1.29 is 9.53 Å². The van der Waals surface area contributed by atoms with E-state index in [1.807, 2.05) is 25.1 Å². The van der Waals surface area contributed by atoms with Crippen molar-refractivity contribution in [3.63, 3.8) is 0 Å². The van der Waals surface area contributed by atoms with Gasteiger partial charge in [-0.1, -0.05) is 44.2 Å². The number of carbonyl (C=O) groups is 1. The largest absolute Gasteiger partial charge is 0.469 e. The van der Waals surface area contributed by atoms with E-state index in [9.17, 15) is 4.79 Å². The van der Waals surface area contributed by atoms with Gasteiger partial charge in [0.1, 0.15) is 0 Å². The zero-order chi connectivity index (χ0) is 12.0. The minimum absolute atomic E-state index is 0.0567. The Hall–Kier alpha value is -0.960. The first kappa shape index (κ1) is 13.1. The van der Waals surface area contributed by atoms with Crippen molar-refractivity contribution in [2.75, 3.05) is 7.11 Å². The average molecular weight is 238 g/mol. The maximum absolute atomic E-state index is 11.3. The van der Waals surface area contributed by atoms with Gasteiger partial charge in [-0.15, -0.1) is 0 Å². The van der Waals surface area contributed by atoms with E-state index in [1.54, 1.807) is 11.8 Å². The molecule has 0 radical (unpaired) electrons. The number of ether oxygens (including phenoxy) is 1. The molecular weight excluding hydrogens is 220 g/mol. The van der Waals surface area contributed by atoms with Crippen LogP contribution in [0, 0.1) is 5.92 Å². The normalized spacial score (nSPS) is 14.2.